The number of ketones is 1. The highest BCUT2D eigenvalue weighted by Gasteiger charge is 2.01. The molecule has 2 nitrogen and oxygen atoms in total. The topological polar surface area (TPSA) is 34.1 Å². The van der Waals surface area contributed by atoms with Crippen LogP contribution < -0.4 is 0 Å². The molecule has 3 heteroatoms. The second kappa shape index (κ2) is 6.80. The number of carbonyl (C=O) groups is 2. The number of rotatable bonds is 5. The highest BCUT2D eigenvalue weighted by atomic mass is 32.2. The van der Waals surface area contributed by atoms with Crippen LogP contribution in [0.1, 0.15) is 12.5 Å². The lowest BCUT2D eigenvalue weighted by atomic mass is 10.2. The first kappa shape index (κ1) is 12.5. The first-order chi connectivity index (χ1) is 7.74. The molecule has 0 saturated heterocycles. The van der Waals surface area contributed by atoms with E-state index in [9.17, 15) is 9.59 Å². The molecule has 0 aliphatic carbocycles. The molecule has 82 valence electrons. The normalized spacial score (nSPS) is 11.7. The van der Waals surface area contributed by atoms with E-state index >= 15 is 0 Å². The van der Waals surface area contributed by atoms with E-state index < -0.39 is 0 Å². The van der Waals surface area contributed by atoms with Crippen LogP contribution in [0.2, 0.25) is 0 Å². The summed E-state index contributed by atoms with van der Waals surface area (Å²) in [7, 11) is 0. The maximum Gasteiger partial charge on any atom is 0.181 e. The smallest absolute Gasteiger partial charge is 0.181 e. The Morgan fingerprint density at radius 1 is 1.25 bits per heavy atom. The number of carbonyl (C=O) groups excluding carboxylic acids is 2. The van der Waals surface area contributed by atoms with Gasteiger partial charge in [0.1, 0.15) is 0 Å². The van der Waals surface area contributed by atoms with Gasteiger partial charge in [0.05, 0.1) is 4.91 Å². The molecule has 0 unspecified atom stereocenters. The molecule has 0 atom stereocenters. The number of hydrogen-bond donors (Lipinski definition) is 0. The van der Waals surface area contributed by atoms with Crippen LogP contribution in [0.15, 0.2) is 47.4 Å². The Kier molecular flexibility index (Phi) is 5.29. The summed E-state index contributed by atoms with van der Waals surface area (Å²) in [4.78, 5) is 21.8. The molecule has 1 rings (SSSR count). The summed E-state index contributed by atoms with van der Waals surface area (Å²) < 4.78 is 0. The standard InChI is InChI=1S/C13H12O2S/c1-11(15)13(16-10-14)9-5-8-12-6-3-2-4-7-12/h2-10H,1H3/b8-5+,13-9-. The van der Waals surface area contributed by atoms with E-state index in [2.05, 4.69) is 0 Å². The van der Waals surface area contributed by atoms with E-state index in [-0.39, 0.29) is 5.78 Å². The van der Waals surface area contributed by atoms with Gasteiger partial charge in [0.15, 0.2) is 11.4 Å². The molecular formula is C13H12O2S. The molecule has 0 aliphatic rings. The molecule has 0 aromatic heterocycles. The Morgan fingerprint density at radius 3 is 2.50 bits per heavy atom. The fraction of sp³-hybridized carbons (Fsp3) is 0.0769. The predicted molar refractivity (Wildman–Crippen MR) is 68.6 cm³/mol. The van der Waals surface area contributed by atoms with E-state index in [1.807, 2.05) is 36.4 Å². The maximum absolute atomic E-state index is 11.1. The molecule has 1 aromatic carbocycles. The van der Waals surface area contributed by atoms with Crippen LogP contribution in [-0.2, 0) is 9.59 Å². The maximum atomic E-state index is 11.1. The highest BCUT2D eigenvalue weighted by Crippen LogP contribution is 2.13. The van der Waals surface area contributed by atoms with Gasteiger partial charge >= 0.3 is 0 Å². The number of hydrogen-bond acceptors (Lipinski definition) is 3. The molecule has 0 saturated carbocycles. The predicted octanol–water partition coefficient (Wildman–Crippen LogP) is 3.10. The van der Waals surface area contributed by atoms with Crippen LogP contribution in [0.3, 0.4) is 0 Å². The zero-order valence-electron chi connectivity index (χ0n) is 8.92. The van der Waals surface area contributed by atoms with Gasteiger partial charge in [-0.05, 0) is 18.6 Å². The SMILES string of the molecule is CC(=O)/C(=C/C=C/c1ccccc1)SC=O. The molecule has 0 radical (unpaired) electrons. The van der Waals surface area contributed by atoms with Crippen molar-refractivity contribution in [3.8, 4) is 0 Å². The molecular weight excluding hydrogens is 220 g/mol. The van der Waals surface area contributed by atoms with E-state index in [0.29, 0.717) is 10.5 Å². The number of Topliss-reactive ketones (excluding diaryl/α,β-unsaturated/α-hetero) is 1. The van der Waals surface area contributed by atoms with Crippen molar-refractivity contribution in [3.63, 3.8) is 0 Å². The Hall–Kier alpha value is -1.61. The van der Waals surface area contributed by atoms with Crippen LogP contribution in [0.25, 0.3) is 6.08 Å². The Balaban J connectivity index is 2.73. The largest absolute Gasteiger partial charge is 0.294 e. The summed E-state index contributed by atoms with van der Waals surface area (Å²) in [5.41, 5.74) is 1.71. The van der Waals surface area contributed by atoms with Gasteiger partial charge in [-0.15, -0.1) is 0 Å². The van der Waals surface area contributed by atoms with Gasteiger partial charge in [-0.3, -0.25) is 9.59 Å². The van der Waals surface area contributed by atoms with Crippen LogP contribution in [-0.4, -0.2) is 11.4 Å². The number of benzene rings is 1. The van der Waals surface area contributed by atoms with Crippen LogP contribution >= 0.6 is 11.8 Å². The fourth-order valence-electron chi connectivity index (χ4n) is 1.10. The van der Waals surface area contributed by atoms with Crippen molar-refractivity contribution in [2.45, 2.75) is 6.92 Å². The van der Waals surface area contributed by atoms with Crippen molar-refractivity contribution in [2.24, 2.45) is 0 Å². The monoisotopic (exact) mass is 232 g/mol. The lowest BCUT2D eigenvalue weighted by Crippen LogP contribution is -1.91. The lowest BCUT2D eigenvalue weighted by molar-refractivity contribution is -0.112. The molecule has 0 aliphatic heterocycles. The summed E-state index contributed by atoms with van der Waals surface area (Å²) >= 11 is 0.899. The first-order valence-corrected chi connectivity index (χ1v) is 5.66. The summed E-state index contributed by atoms with van der Waals surface area (Å²) in [6, 6.07) is 9.75. The average molecular weight is 232 g/mol. The van der Waals surface area contributed by atoms with Gasteiger partial charge < -0.3 is 0 Å². The molecule has 1 aromatic rings. The first-order valence-electron chi connectivity index (χ1n) is 4.78. The van der Waals surface area contributed by atoms with Gasteiger partial charge in [0.25, 0.3) is 0 Å². The van der Waals surface area contributed by atoms with Crippen molar-refractivity contribution in [3.05, 3.63) is 53.0 Å². The third-order valence-electron chi connectivity index (χ3n) is 1.86. The second-order valence-electron chi connectivity index (χ2n) is 3.07. The summed E-state index contributed by atoms with van der Waals surface area (Å²) in [6.07, 6.45) is 5.30. The van der Waals surface area contributed by atoms with Crippen molar-refractivity contribution in [1.29, 1.82) is 0 Å². The minimum absolute atomic E-state index is 0.102. The Bertz CT molecular complexity index is 419. The van der Waals surface area contributed by atoms with Crippen LogP contribution in [0.5, 0.6) is 0 Å². The Morgan fingerprint density at radius 2 is 1.94 bits per heavy atom. The number of allylic oxidation sites excluding steroid dienone is 3. The summed E-state index contributed by atoms with van der Waals surface area (Å²) in [5, 5.41) is 0. The van der Waals surface area contributed by atoms with Crippen molar-refractivity contribution >= 4 is 29.2 Å². The Labute approximate surface area is 99.1 Å². The molecule has 0 heterocycles. The fourth-order valence-corrected chi connectivity index (χ4v) is 1.53. The van der Waals surface area contributed by atoms with Crippen molar-refractivity contribution in [2.75, 3.05) is 0 Å². The number of thioether (sulfide) groups is 1. The molecule has 0 fully saturated rings. The quantitative estimate of drug-likeness (QED) is 0.444. The van der Waals surface area contributed by atoms with Gasteiger partial charge in [0, 0.05) is 0 Å². The summed E-state index contributed by atoms with van der Waals surface area (Å²) in [6.45, 7) is 1.44. The van der Waals surface area contributed by atoms with Gasteiger partial charge in [-0.1, -0.05) is 54.2 Å². The minimum Gasteiger partial charge on any atom is -0.294 e. The molecule has 0 amide bonds. The third kappa shape index (κ3) is 4.28. The van der Waals surface area contributed by atoms with Gasteiger partial charge in [-0.2, -0.15) is 0 Å². The van der Waals surface area contributed by atoms with E-state index in [1.54, 1.807) is 12.2 Å². The highest BCUT2D eigenvalue weighted by molar-refractivity contribution is 8.16. The average Bonchev–Trinajstić information content (AvgIpc) is 2.29. The van der Waals surface area contributed by atoms with Gasteiger partial charge in [-0.25, -0.2) is 0 Å². The van der Waals surface area contributed by atoms with E-state index in [4.69, 9.17) is 0 Å². The van der Waals surface area contributed by atoms with E-state index in [0.717, 1.165) is 17.3 Å². The zero-order chi connectivity index (χ0) is 11.8. The van der Waals surface area contributed by atoms with Gasteiger partial charge in [0.2, 0.25) is 0 Å². The lowest BCUT2D eigenvalue weighted by Gasteiger charge is -1.94. The van der Waals surface area contributed by atoms with Crippen molar-refractivity contribution < 1.29 is 9.59 Å². The third-order valence-corrected chi connectivity index (χ3v) is 2.63. The molecule has 0 spiro atoms. The van der Waals surface area contributed by atoms with Crippen LogP contribution in [0.4, 0.5) is 0 Å². The molecule has 16 heavy (non-hydrogen) atoms. The summed E-state index contributed by atoms with van der Waals surface area (Å²) in [5.74, 6) is -0.102. The second-order valence-corrected chi connectivity index (χ2v) is 3.94. The van der Waals surface area contributed by atoms with Crippen molar-refractivity contribution in [1.82, 2.24) is 0 Å². The van der Waals surface area contributed by atoms with E-state index in [1.165, 1.54) is 6.92 Å². The zero-order valence-corrected chi connectivity index (χ0v) is 9.74. The van der Waals surface area contributed by atoms with Crippen LogP contribution in [0, 0.1) is 0 Å². The minimum atomic E-state index is -0.102. The molecule has 0 N–H and O–H groups in total. The molecule has 0 bridgehead atoms.